The Morgan fingerprint density at radius 3 is 2.50 bits per heavy atom. The molecule has 1 N–H and O–H groups in total. The first kappa shape index (κ1) is 17.7. The third-order valence-electron chi connectivity index (χ3n) is 4.03. The molecule has 0 bridgehead atoms. The lowest BCUT2D eigenvalue weighted by Crippen LogP contribution is -1.98. The normalized spacial score (nSPS) is 11.5. The molecule has 0 radical (unpaired) electrons. The molecule has 2 aromatic carbocycles. The van der Waals surface area contributed by atoms with Crippen molar-refractivity contribution in [2.45, 2.75) is 26.8 Å². The number of carbonyl (C=O) groups excluding carboxylic acids is 1. The van der Waals surface area contributed by atoms with Gasteiger partial charge in [0.1, 0.15) is 5.75 Å². The van der Waals surface area contributed by atoms with Crippen LogP contribution in [0.3, 0.4) is 0 Å². The number of hydrogen-bond donors (Lipinski definition) is 1. The van der Waals surface area contributed by atoms with Crippen LogP contribution in [-0.4, -0.2) is 22.2 Å². The summed E-state index contributed by atoms with van der Waals surface area (Å²) in [7, 11) is 0. The molecule has 3 aromatic rings. The number of hydrogen-bond acceptors (Lipinski definition) is 4. The summed E-state index contributed by atoms with van der Waals surface area (Å²) in [5.41, 5.74) is 1.56. The Kier molecular flexibility index (Phi) is 5.02. The van der Waals surface area contributed by atoms with Crippen LogP contribution in [0.15, 0.2) is 58.8 Å². The van der Waals surface area contributed by atoms with E-state index in [9.17, 15) is 9.90 Å². The third kappa shape index (κ3) is 3.31. The minimum atomic E-state index is -0.478. The summed E-state index contributed by atoms with van der Waals surface area (Å²) in [4.78, 5) is 12.3. The van der Waals surface area contributed by atoms with Crippen molar-refractivity contribution in [3.05, 3.63) is 54.1 Å². The minimum absolute atomic E-state index is 0.00411. The van der Waals surface area contributed by atoms with Crippen molar-refractivity contribution in [1.82, 2.24) is 4.57 Å². The number of nitrogens with zero attached hydrogens (tertiary/aromatic N) is 3. The topological polar surface area (TPSA) is 76.2 Å². The van der Waals surface area contributed by atoms with Crippen molar-refractivity contribution in [3.8, 4) is 11.6 Å². The van der Waals surface area contributed by atoms with Gasteiger partial charge in [0.2, 0.25) is 5.88 Å². The van der Waals surface area contributed by atoms with Gasteiger partial charge in [0.25, 0.3) is 5.91 Å². The molecule has 0 saturated heterocycles. The number of ether oxygens (including phenoxy) is 1. The summed E-state index contributed by atoms with van der Waals surface area (Å²) in [6.45, 7) is 6.40. The fourth-order valence-electron chi connectivity index (χ4n) is 2.87. The van der Waals surface area contributed by atoms with E-state index in [4.69, 9.17) is 4.74 Å². The van der Waals surface area contributed by atoms with Crippen molar-refractivity contribution < 1.29 is 14.6 Å². The van der Waals surface area contributed by atoms with Gasteiger partial charge in [0.15, 0.2) is 5.69 Å². The Hall–Kier alpha value is -3.15. The average Bonchev–Trinajstić information content (AvgIpc) is 2.92. The lowest BCUT2D eigenvalue weighted by molar-refractivity contribution is 0.0995. The number of fused-ring (bicyclic) bond motifs is 1. The molecule has 1 aromatic heterocycles. The molecule has 0 aliphatic heterocycles. The van der Waals surface area contributed by atoms with E-state index < -0.39 is 5.91 Å². The van der Waals surface area contributed by atoms with E-state index in [1.54, 1.807) is 28.8 Å². The second-order valence-electron chi connectivity index (χ2n) is 6.12. The lowest BCUT2D eigenvalue weighted by Gasteiger charge is -2.10. The van der Waals surface area contributed by atoms with Crippen LogP contribution in [0.4, 0.5) is 5.69 Å². The van der Waals surface area contributed by atoms with Crippen LogP contribution in [0.2, 0.25) is 0 Å². The molecule has 0 aliphatic carbocycles. The first-order valence-corrected chi connectivity index (χ1v) is 8.53. The number of amides is 1. The third-order valence-corrected chi connectivity index (χ3v) is 4.03. The molecule has 0 saturated carbocycles. The predicted molar refractivity (Wildman–Crippen MR) is 100 cm³/mol. The highest BCUT2D eigenvalue weighted by molar-refractivity contribution is 5.97. The van der Waals surface area contributed by atoms with Crippen molar-refractivity contribution >= 4 is 22.5 Å². The van der Waals surface area contributed by atoms with E-state index in [0.717, 1.165) is 10.9 Å². The number of rotatable bonds is 5. The van der Waals surface area contributed by atoms with Crippen molar-refractivity contribution in [1.29, 1.82) is 0 Å². The highest BCUT2D eigenvalue weighted by Gasteiger charge is 2.18. The Labute approximate surface area is 151 Å². The van der Waals surface area contributed by atoms with Gasteiger partial charge < -0.3 is 14.4 Å². The zero-order valence-corrected chi connectivity index (χ0v) is 15.0. The molecule has 0 aliphatic rings. The Morgan fingerprint density at radius 1 is 1.15 bits per heavy atom. The van der Waals surface area contributed by atoms with Crippen LogP contribution in [-0.2, 0) is 0 Å². The van der Waals surface area contributed by atoms with Crippen LogP contribution < -0.4 is 4.74 Å². The van der Waals surface area contributed by atoms with Gasteiger partial charge in [0, 0.05) is 17.0 Å². The first-order valence-electron chi connectivity index (χ1n) is 8.53. The van der Waals surface area contributed by atoms with Crippen LogP contribution >= 0.6 is 0 Å². The SMILES string of the molecule is CCOc1ccc(C(=O)N=Nc2c(O)n(C(C)C)c3ccccc23)cc1. The first-order chi connectivity index (χ1) is 12.5. The quantitative estimate of drug-likeness (QED) is 0.638. The molecule has 3 rings (SSSR count). The molecule has 6 heteroatoms. The molecular formula is C20H21N3O3. The molecular weight excluding hydrogens is 330 g/mol. The number of aromatic nitrogens is 1. The minimum Gasteiger partial charge on any atom is -0.494 e. The van der Waals surface area contributed by atoms with Gasteiger partial charge in [0.05, 0.1) is 12.1 Å². The molecule has 0 spiro atoms. The Bertz CT molecular complexity index is 956. The van der Waals surface area contributed by atoms with E-state index in [1.165, 1.54) is 0 Å². The molecule has 26 heavy (non-hydrogen) atoms. The van der Waals surface area contributed by atoms with Gasteiger partial charge in [-0.05, 0) is 51.1 Å². The molecule has 134 valence electrons. The highest BCUT2D eigenvalue weighted by atomic mass is 16.5. The number of aromatic hydroxyl groups is 1. The van der Waals surface area contributed by atoms with Crippen molar-refractivity contribution in [3.63, 3.8) is 0 Å². The van der Waals surface area contributed by atoms with E-state index in [2.05, 4.69) is 10.2 Å². The fourth-order valence-corrected chi connectivity index (χ4v) is 2.87. The molecule has 0 unspecified atom stereocenters. The Balaban J connectivity index is 1.93. The summed E-state index contributed by atoms with van der Waals surface area (Å²) in [6, 6.07) is 14.3. The zero-order chi connectivity index (χ0) is 18.7. The molecule has 1 heterocycles. The van der Waals surface area contributed by atoms with E-state index >= 15 is 0 Å². The van der Waals surface area contributed by atoms with E-state index in [0.29, 0.717) is 23.6 Å². The largest absolute Gasteiger partial charge is 0.494 e. The van der Waals surface area contributed by atoms with Gasteiger partial charge >= 0.3 is 0 Å². The van der Waals surface area contributed by atoms with Gasteiger partial charge in [-0.3, -0.25) is 4.79 Å². The molecule has 1 amide bonds. The number of azo groups is 1. The second kappa shape index (κ2) is 7.39. The summed E-state index contributed by atoms with van der Waals surface area (Å²) in [5.74, 6) is 0.219. The monoisotopic (exact) mass is 351 g/mol. The van der Waals surface area contributed by atoms with Crippen LogP contribution in [0.1, 0.15) is 37.2 Å². The average molecular weight is 351 g/mol. The summed E-state index contributed by atoms with van der Waals surface area (Å²) in [5, 5.41) is 19.1. The van der Waals surface area contributed by atoms with Gasteiger partial charge in [-0.25, -0.2) is 0 Å². The maximum Gasteiger partial charge on any atom is 0.295 e. The van der Waals surface area contributed by atoms with Gasteiger partial charge in [-0.15, -0.1) is 10.2 Å². The molecule has 0 atom stereocenters. The number of para-hydroxylation sites is 1. The summed E-state index contributed by atoms with van der Waals surface area (Å²) < 4.78 is 7.13. The summed E-state index contributed by atoms with van der Waals surface area (Å²) >= 11 is 0. The van der Waals surface area contributed by atoms with Crippen LogP contribution in [0, 0.1) is 0 Å². The predicted octanol–water partition coefficient (Wildman–Crippen LogP) is 5.25. The standard InChI is InChI=1S/C20H21N3O3/c1-4-26-15-11-9-14(10-12-15)19(24)22-21-18-16-7-5-6-8-17(16)23(13(2)3)20(18)25/h5-13,25H,4H2,1-3H3. The fraction of sp³-hybridized carbons (Fsp3) is 0.250. The highest BCUT2D eigenvalue weighted by Crippen LogP contribution is 2.40. The summed E-state index contributed by atoms with van der Waals surface area (Å²) in [6.07, 6.45) is 0. The van der Waals surface area contributed by atoms with E-state index in [1.807, 2.05) is 45.0 Å². The second-order valence-corrected chi connectivity index (χ2v) is 6.12. The van der Waals surface area contributed by atoms with Gasteiger partial charge in [-0.2, -0.15) is 0 Å². The van der Waals surface area contributed by atoms with E-state index in [-0.39, 0.29) is 11.9 Å². The number of benzene rings is 2. The smallest absolute Gasteiger partial charge is 0.295 e. The maximum absolute atomic E-state index is 12.3. The van der Waals surface area contributed by atoms with Crippen LogP contribution in [0.5, 0.6) is 11.6 Å². The van der Waals surface area contributed by atoms with Crippen molar-refractivity contribution in [2.75, 3.05) is 6.61 Å². The number of carbonyl (C=O) groups is 1. The molecule has 0 fully saturated rings. The zero-order valence-electron chi connectivity index (χ0n) is 15.0. The van der Waals surface area contributed by atoms with Gasteiger partial charge in [-0.1, -0.05) is 18.2 Å². The van der Waals surface area contributed by atoms with Crippen molar-refractivity contribution in [2.24, 2.45) is 10.2 Å². The van der Waals surface area contributed by atoms with Crippen LogP contribution in [0.25, 0.3) is 10.9 Å². The molecule has 6 nitrogen and oxygen atoms in total. The maximum atomic E-state index is 12.3. The Morgan fingerprint density at radius 2 is 1.85 bits per heavy atom. The lowest BCUT2D eigenvalue weighted by atomic mass is 10.2.